The summed E-state index contributed by atoms with van der Waals surface area (Å²) in [5.74, 6) is -0.00242. The van der Waals surface area contributed by atoms with Gasteiger partial charge in [-0.1, -0.05) is 50.3 Å². The van der Waals surface area contributed by atoms with Crippen LogP contribution in [0.2, 0.25) is 0 Å². The molecule has 33 heavy (non-hydrogen) atoms. The predicted octanol–water partition coefficient (Wildman–Crippen LogP) is 6.28. The summed E-state index contributed by atoms with van der Waals surface area (Å²) >= 11 is 0. The number of esters is 1. The Bertz CT molecular complexity index is 996. The molecule has 7 atom stereocenters. The number of fused-ring (bicyclic) bond motifs is 3. The Morgan fingerprint density at radius 2 is 1.82 bits per heavy atom. The third-order valence-electron chi connectivity index (χ3n) is 10.1. The van der Waals surface area contributed by atoms with Crippen LogP contribution in [-0.2, 0) is 14.3 Å². The lowest BCUT2D eigenvalue weighted by atomic mass is 9.40. The molecule has 1 aromatic rings. The fourth-order valence-electron chi connectivity index (χ4n) is 8.67. The normalized spacial score (nSPS) is 41.9. The van der Waals surface area contributed by atoms with Crippen LogP contribution in [0.4, 0.5) is 0 Å². The number of hydrogen-bond donors (Lipinski definition) is 1. The van der Waals surface area contributed by atoms with E-state index in [1.54, 1.807) is 6.08 Å². The van der Waals surface area contributed by atoms with Gasteiger partial charge in [-0.3, -0.25) is 4.79 Å². The number of carbonyl (C=O) groups is 2. The molecule has 0 radical (unpaired) electrons. The van der Waals surface area contributed by atoms with Crippen LogP contribution in [0.1, 0.15) is 70.8 Å². The lowest BCUT2D eigenvalue weighted by molar-refractivity contribution is -0.195. The first-order chi connectivity index (χ1) is 15.7. The summed E-state index contributed by atoms with van der Waals surface area (Å²) in [5, 5.41) is 10.2. The highest BCUT2D eigenvalue weighted by atomic mass is 16.5. The van der Waals surface area contributed by atoms with Gasteiger partial charge >= 0.3 is 11.9 Å². The first-order valence-electron chi connectivity index (χ1n) is 12.6. The average molecular weight is 449 g/mol. The van der Waals surface area contributed by atoms with Crippen LogP contribution in [0.3, 0.4) is 0 Å². The minimum Gasteiger partial charge on any atom is -0.481 e. The van der Waals surface area contributed by atoms with E-state index in [2.05, 4.69) is 13.5 Å². The molecule has 0 amide bonds. The molecule has 0 saturated heterocycles. The largest absolute Gasteiger partial charge is 0.481 e. The Hall–Kier alpha value is -2.36. The molecule has 4 saturated carbocycles. The summed E-state index contributed by atoms with van der Waals surface area (Å²) in [6.45, 7) is 8.74. The fraction of sp³-hybridized carbons (Fsp3) is 0.586. The number of carboxylic acid groups (broad SMARTS) is 1. The van der Waals surface area contributed by atoms with Gasteiger partial charge in [0, 0.05) is 11.5 Å². The Labute approximate surface area is 197 Å². The monoisotopic (exact) mass is 448 g/mol. The topological polar surface area (TPSA) is 63.6 Å². The number of aliphatic carboxylic acids is 1. The standard InChI is InChI=1S/C29H36O4/c1-19-21-11-12-23-27(2)15-7-16-28(3,26(31)32)22(27)14-17-29(23,18-21)25(19)33-24(30)13-10-20-8-5-4-6-9-20/h4-6,8-10,13,21-23,25H,1,7,11-12,14-18H2,2-3H3,(H,31,32)/t21-,22+,23+,25+,27-,28-,29-/m1/s1. The quantitative estimate of drug-likeness (QED) is 0.335. The van der Waals surface area contributed by atoms with Gasteiger partial charge in [-0.25, -0.2) is 4.79 Å². The van der Waals surface area contributed by atoms with Crippen molar-refractivity contribution in [3.05, 3.63) is 54.1 Å². The molecule has 4 aliphatic carbocycles. The van der Waals surface area contributed by atoms with E-state index in [0.29, 0.717) is 11.8 Å². The molecule has 1 N–H and O–H groups in total. The van der Waals surface area contributed by atoms with Crippen molar-refractivity contribution < 1.29 is 19.4 Å². The van der Waals surface area contributed by atoms with E-state index in [1.165, 1.54) is 6.08 Å². The van der Waals surface area contributed by atoms with Gasteiger partial charge in [0.1, 0.15) is 6.10 Å². The second kappa shape index (κ2) is 7.85. The maximum Gasteiger partial charge on any atom is 0.331 e. The van der Waals surface area contributed by atoms with Gasteiger partial charge in [-0.15, -0.1) is 0 Å². The van der Waals surface area contributed by atoms with Crippen LogP contribution in [0, 0.1) is 34.0 Å². The van der Waals surface area contributed by atoms with Crippen molar-refractivity contribution in [3.8, 4) is 0 Å². The minimum absolute atomic E-state index is 0.0379. The number of carbonyl (C=O) groups excluding carboxylic acids is 1. The van der Waals surface area contributed by atoms with Gasteiger partial charge < -0.3 is 9.84 Å². The molecule has 0 unspecified atom stereocenters. The smallest absolute Gasteiger partial charge is 0.331 e. The van der Waals surface area contributed by atoms with Crippen LogP contribution in [0.25, 0.3) is 6.08 Å². The van der Waals surface area contributed by atoms with Gasteiger partial charge in [0.2, 0.25) is 0 Å². The summed E-state index contributed by atoms with van der Waals surface area (Å²) in [5.41, 5.74) is 1.25. The van der Waals surface area contributed by atoms with E-state index in [4.69, 9.17) is 4.74 Å². The number of ether oxygens (including phenoxy) is 1. The highest BCUT2D eigenvalue weighted by molar-refractivity contribution is 5.87. The Kier molecular flexibility index (Phi) is 5.34. The summed E-state index contributed by atoms with van der Waals surface area (Å²) in [6, 6.07) is 9.78. The molecule has 1 spiro atoms. The molecule has 4 nitrogen and oxygen atoms in total. The molecular weight excluding hydrogens is 412 g/mol. The molecule has 176 valence electrons. The molecule has 0 aliphatic heterocycles. The molecule has 4 aliphatic rings. The van der Waals surface area contributed by atoms with Gasteiger partial charge in [-0.05, 0) is 92.3 Å². The number of rotatable bonds is 4. The van der Waals surface area contributed by atoms with E-state index < -0.39 is 11.4 Å². The van der Waals surface area contributed by atoms with Gasteiger partial charge in [0.25, 0.3) is 0 Å². The first-order valence-corrected chi connectivity index (χ1v) is 12.6. The van der Waals surface area contributed by atoms with Gasteiger partial charge in [0.15, 0.2) is 0 Å². The van der Waals surface area contributed by atoms with Crippen LogP contribution < -0.4 is 0 Å². The van der Waals surface area contributed by atoms with E-state index in [9.17, 15) is 14.7 Å². The summed E-state index contributed by atoms with van der Waals surface area (Å²) in [7, 11) is 0. The fourth-order valence-corrected chi connectivity index (χ4v) is 8.67. The van der Waals surface area contributed by atoms with Gasteiger partial charge in [0.05, 0.1) is 5.41 Å². The van der Waals surface area contributed by atoms with Crippen molar-refractivity contribution in [3.63, 3.8) is 0 Å². The molecule has 1 aromatic carbocycles. The minimum atomic E-state index is -0.661. The number of hydrogen-bond acceptors (Lipinski definition) is 3. The second-order valence-corrected chi connectivity index (χ2v) is 11.6. The molecule has 4 fully saturated rings. The second-order valence-electron chi connectivity index (χ2n) is 11.6. The zero-order chi connectivity index (χ0) is 23.4. The summed E-state index contributed by atoms with van der Waals surface area (Å²) < 4.78 is 6.20. The Morgan fingerprint density at radius 1 is 1.06 bits per heavy atom. The van der Waals surface area contributed by atoms with Crippen LogP contribution in [-0.4, -0.2) is 23.1 Å². The van der Waals surface area contributed by atoms with Crippen LogP contribution in [0.15, 0.2) is 48.6 Å². The molecule has 5 rings (SSSR count). The molecule has 0 heterocycles. The third-order valence-corrected chi connectivity index (χ3v) is 10.1. The van der Waals surface area contributed by atoms with Crippen molar-refractivity contribution >= 4 is 18.0 Å². The van der Waals surface area contributed by atoms with E-state index in [1.807, 2.05) is 37.3 Å². The molecule has 4 heteroatoms. The SMILES string of the molecule is C=C1[C@@H]2CC[C@H]3[C@]4(C)CCC[C@@](C)(C(=O)O)[C@H]4CC[C@]3(C2)[C@H]1OC(=O)C=Cc1ccccc1. The van der Waals surface area contributed by atoms with Gasteiger partial charge in [-0.2, -0.15) is 0 Å². The van der Waals surface area contributed by atoms with E-state index in [-0.39, 0.29) is 28.8 Å². The van der Waals surface area contributed by atoms with Crippen LogP contribution in [0.5, 0.6) is 0 Å². The van der Waals surface area contributed by atoms with Crippen molar-refractivity contribution in [1.82, 2.24) is 0 Å². The predicted molar refractivity (Wildman–Crippen MR) is 128 cm³/mol. The number of carboxylic acids is 1. The lowest BCUT2D eigenvalue weighted by Gasteiger charge is -2.63. The summed E-state index contributed by atoms with van der Waals surface area (Å²) in [6.07, 6.45) is 10.9. The highest BCUT2D eigenvalue weighted by Gasteiger charge is 2.68. The molecular formula is C29H36O4. The highest BCUT2D eigenvalue weighted by Crippen LogP contribution is 2.72. The average Bonchev–Trinajstić information content (AvgIpc) is 2.98. The number of benzene rings is 1. The Balaban J connectivity index is 1.44. The zero-order valence-corrected chi connectivity index (χ0v) is 19.9. The van der Waals surface area contributed by atoms with Crippen molar-refractivity contribution in [1.29, 1.82) is 0 Å². The van der Waals surface area contributed by atoms with Crippen molar-refractivity contribution in [2.45, 2.75) is 71.3 Å². The molecule has 0 aromatic heterocycles. The maximum atomic E-state index is 12.9. The maximum absolute atomic E-state index is 12.9. The lowest BCUT2D eigenvalue weighted by Crippen LogP contribution is -2.60. The van der Waals surface area contributed by atoms with Crippen molar-refractivity contribution in [2.75, 3.05) is 0 Å². The zero-order valence-electron chi connectivity index (χ0n) is 19.9. The van der Waals surface area contributed by atoms with E-state index >= 15 is 0 Å². The van der Waals surface area contributed by atoms with E-state index in [0.717, 1.165) is 62.5 Å². The third kappa shape index (κ3) is 3.32. The first kappa shape index (κ1) is 22.4. The molecule has 2 bridgehead atoms. The summed E-state index contributed by atoms with van der Waals surface area (Å²) in [4.78, 5) is 25.3. The van der Waals surface area contributed by atoms with Crippen LogP contribution >= 0.6 is 0 Å². The van der Waals surface area contributed by atoms with Crippen molar-refractivity contribution in [2.24, 2.45) is 34.0 Å². The Morgan fingerprint density at radius 3 is 2.55 bits per heavy atom.